The van der Waals surface area contributed by atoms with E-state index in [1.165, 1.54) is 12.1 Å². The molecule has 1 aromatic heterocycles. The number of hydrogen-bond donors (Lipinski definition) is 2. The third kappa shape index (κ3) is 2.63. The van der Waals surface area contributed by atoms with Gasteiger partial charge < -0.3 is 16.0 Å². The average Bonchev–Trinajstić information content (AvgIpc) is 2.46. The van der Waals surface area contributed by atoms with Gasteiger partial charge in [-0.05, 0) is 25.3 Å². The van der Waals surface area contributed by atoms with Crippen LogP contribution >= 0.6 is 0 Å². The number of rotatable bonds is 3. The lowest BCUT2D eigenvalue weighted by atomic mass is 10.0. The first kappa shape index (κ1) is 14.0. The summed E-state index contributed by atoms with van der Waals surface area (Å²) in [6.45, 7) is 0.683. The van der Waals surface area contributed by atoms with Crippen molar-refractivity contribution in [1.29, 1.82) is 0 Å². The van der Waals surface area contributed by atoms with Crippen molar-refractivity contribution < 1.29 is 9.72 Å². The Kier molecular flexibility index (Phi) is 4.02. The largest absolute Gasteiger partial charge is 0.378 e. The quantitative estimate of drug-likeness (QED) is 0.621. The standard InChI is InChI=1S/C12H17N5O3/c1-14-12(18)9-4-2-3-7-16(9)10-6-5-8(17(19)20)11(13)15-10/h5-6,9H,2-4,7H2,1H3,(H2,13,15)(H,14,18). The lowest BCUT2D eigenvalue weighted by Crippen LogP contribution is -2.49. The fourth-order valence-corrected chi connectivity index (χ4v) is 2.42. The molecule has 0 bridgehead atoms. The molecule has 0 aliphatic carbocycles. The minimum absolute atomic E-state index is 0.0802. The van der Waals surface area contributed by atoms with Crippen LogP contribution in [0.25, 0.3) is 0 Å². The highest BCUT2D eigenvalue weighted by Gasteiger charge is 2.29. The van der Waals surface area contributed by atoms with E-state index in [4.69, 9.17) is 5.73 Å². The molecule has 0 spiro atoms. The van der Waals surface area contributed by atoms with Gasteiger partial charge in [0, 0.05) is 19.7 Å². The number of pyridine rings is 1. The molecule has 1 saturated heterocycles. The van der Waals surface area contributed by atoms with Gasteiger partial charge >= 0.3 is 5.69 Å². The number of nitro groups is 1. The van der Waals surface area contributed by atoms with Crippen LogP contribution in [0, 0.1) is 10.1 Å². The number of carbonyl (C=O) groups is 1. The van der Waals surface area contributed by atoms with E-state index < -0.39 is 4.92 Å². The van der Waals surface area contributed by atoms with Gasteiger partial charge in [-0.2, -0.15) is 0 Å². The van der Waals surface area contributed by atoms with Crippen LogP contribution in [0.4, 0.5) is 17.3 Å². The normalized spacial score (nSPS) is 18.6. The maximum absolute atomic E-state index is 11.9. The number of nitrogens with two attached hydrogens (primary N) is 1. The van der Waals surface area contributed by atoms with Gasteiger partial charge in [0.2, 0.25) is 11.7 Å². The van der Waals surface area contributed by atoms with Gasteiger partial charge in [-0.1, -0.05) is 0 Å². The van der Waals surface area contributed by atoms with E-state index in [1.54, 1.807) is 7.05 Å². The molecule has 8 heteroatoms. The Bertz CT molecular complexity index is 534. The second-order valence-corrected chi connectivity index (χ2v) is 4.65. The van der Waals surface area contributed by atoms with E-state index in [9.17, 15) is 14.9 Å². The van der Waals surface area contributed by atoms with Crippen LogP contribution in [0.15, 0.2) is 12.1 Å². The van der Waals surface area contributed by atoms with Gasteiger partial charge in [0.15, 0.2) is 0 Å². The highest BCUT2D eigenvalue weighted by atomic mass is 16.6. The predicted molar refractivity (Wildman–Crippen MR) is 74.4 cm³/mol. The smallest absolute Gasteiger partial charge is 0.311 e. The van der Waals surface area contributed by atoms with E-state index in [2.05, 4.69) is 10.3 Å². The Morgan fingerprint density at radius 2 is 2.30 bits per heavy atom. The first-order valence-corrected chi connectivity index (χ1v) is 6.43. The number of nitrogens with one attached hydrogen (secondary N) is 1. The fourth-order valence-electron chi connectivity index (χ4n) is 2.42. The molecule has 0 radical (unpaired) electrons. The Morgan fingerprint density at radius 1 is 1.55 bits per heavy atom. The van der Waals surface area contributed by atoms with E-state index >= 15 is 0 Å². The van der Waals surface area contributed by atoms with Crippen LogP contribution in [0.3, 0.4) is 0 Å². The minimum Gasteiger partial charge on any atom is -0.378 e. The molecule has 108 valence electrons. The number of aromatic nitrogens is 1. The van der Waals surface area contributed by atoms with Crippen molar-refractivity contribution in [1.82, 2.24) is 10.3 Å². The number of amides is 1. The summed E-state index contributed by atoms with van der Waals surface area (Å²) in [6.07, 6.45) is 2.65. The highest BCUT2D eigenvalue weighted by molar-refractivity contribution is 5.85. The molecule has 1 fully saturated rings. The summed E-state index contributed by atoms with van der Waals surface area (Å²) in [7, 11) is 1.59. The maximum Gasteiger partial charge on any atom is 0.311 e. The lowest BCUT2D eigenvalue weighted by Gasteiger charge is -2.35. The zero-order chi connectivity index (χ0) is 14.7. The number of likely N-dealkylation sites (N-methyl/N-ethyl adjacent to an activating group) is 1. The second kappa shape index (κ2) is 5.72. The van der Waals surface area contributed by atoms with Crippen molar-refractivity contribution in [3.05, 3.63) is 22.2 Å². The van der Waals surface area contributed by atoms with Crippen molar-refractivity contribution in [3.8, 4) is 0 Å². The first-order valence-electron chi connectivity index (χ1n) is 6.43. The molecule has 1 atom stereocenters. The fraction of sp³-hybridized carbons (Fsp3) is 0.500. The summed E-state index contributed by atoms with van der Waals surface area (Å²) in [5.74, 6) is 0.290. The zero-order valence-electron chi connectivity index (χ0n) is 11.2. The van der Waals surface area contributed by atoms with Crippen LogP contribution < -0.4 is 16.0 Å². The second-order valence-electron chi connectivity index (χ2n) is 4.65. The number of anilines is 2. The van der Waals surface area contributed by atoms with Crippen LogP contribution in [0.1, 0.15) is 19.3 Å². The number of nitrogen functional groups attached to an aromatic ring is 1. The van der Waals surface area contributed by atoms with E-state index in [-0.39, 0.29) is 23.5 Å². The lowest BCUT2D eigenvalue weighted by molar-refractivity contribution is -0.384. The van der Waals surface area contributed by atoms with Crippen molar-refractivity contribution in [2.75, 3.05) is 24.2 Å². The number of nitrogens with zero attached hydrogens (tertiary/aromatic N) is 3. The first-order chi connectivity index (χ1) is 9.54. The SMILES string of the molecule is CNC(=O)C1CCCCN1c1ccc([N+](=O)[O-])c(N)n1. The highest BCUT2D eigenvalue weighted by Crippen LogP contribution is 2.27. The molecule has 8 nitrogen and oxygen atoms in total. The minimum atomic E-state index is -0.571. The number of carbonyl (C=O) groups excluding carboxylic acids is 1. The van der Waals surface area contributed by atoms with E-state index in [1.807, 2.05) is 4.90 Å². The molecule has 1 aliphatic heterocycles. The van der Waals surface area contributed by atoms with Gasteiger partial charge in [0.05, 0.1) is 4.92 Å². The molecule has 1 aliphatic rings. The van der Waals surface area contributed by atoms with E-state index in [0.29, 0.717) is 12.4 Å². The Morgan fingerprint density at radius 3 is 2.90 bits per heavy atom. The van der Waals surface area contributed by atoms with Crippen LogP contribution in [0.2, 0.25) is 0 Å². The predicted octanol–water partition coefficient (Wildman–Crippen LogP) is 0.677. The molecule has 1 unspecified atom stereocenters. The Labute approximate surface area is 116 Å². The van der Waals surface area contributed by atoms with Crippen molar-refractivity contribution in [2.45, 2.75) is 25.3 Å². The van der Waals surface area contributed by atoms with Gasteiger partial charge in [-0.15, -0.1) is 0 Å². The Balaban J connectivity index is 2.31. The van der Waals surface area contributed by atoms with E-state index in [0.717, 1.165) is 19.3 Å². The monoisotopic (exact) mass is 279 g/mol. The summed E-state index contributed by atoms with van der Waals surface area (Å²) in [5, 5.41) is 13.4. The molecule has 20 heavy (non-hydrogen) atoms. The van der Waals surface area contributed by atoms with Crippen LogP contribution in [0.5, 0.6) is 0 Å². The summed E-state index contributed by atoms with van der Waals surface area (Å²) in [6, 6.07) is 2.56. The molecule has 1 amide bonds. The molecule has 3 N–H and O–H groups in total. The third-order valence-electron chi connectivity index (χ3n) is 3.43. The van der Waals surface area contributed by atoms with Crippen LogP contribution in [-0.4, -0.2) is 35.4 Å². The van der Waals surface area contributed by atoms with Gasteiger partial charge in [-0.25, -0.2) is 4.98 Å². The molecule has 1 aromatic rings. The van der Waals surface area contributed by atoms with Crippen molar-refractivity contribution in [3.63, 3.8) is 0 Å². The third-order valence-corrected chi connectivity index (χ3v) is 3.43. The average molecular weight is 279 g/mol. The molecule has 0 aromatic carbocycles. The summed E-state index contributed by atoms with van der Waals surface area (Å²) < 4.78 is 0. The van der Waals surface area contributed by atoms with Crippen molar-refractivity contribution >= 4 is 23.2 Å². The summed E-state index contributed by atoms with van der Waals surface area (Å²) in [5.41, 5.74) is 5.38. The van der Waals surface area contributed by atoms with Crippen molar-refractivity contribution in [2.24, 2.45) is 0 Å². The van der Waals surface area contributed by atoms with Gasteiger partial charge in [0.25, 0.3) is 0 Å². The zero-order valence-corrected chi connectivity index (χ0v) is 11.2. The molecule has 2 rings (SSSR count). The van der Waals surface area contributed by atoms with Gasteiger partial charge in [0.1, 0.15) is 11.9 Å². The van der Waals surface area contributed by atoms with Gasteiger partial charge in [-0.3, -0.25) is 14.9 Å². The maximum atomic E-state index is 11.9. The summed E-state index contributed by atoms with van der Waals surface area (Å²) >= 11 is 0. The Hall–Kier alpha value is -2.38. The topological polar surface area (TPSA) is 114 Å². The van der Waals surface area contributed by atoms with Crippen LogP contribution in [-0.2, 0) is 4.79 Å². The molecular formula is C12H17N5O3. The molecular weight excluding hydrogens is 262 g/mol. The molecule has 0 saturated carbocycles. The number of hydrogen-bond acceptors (Lipinski definition) is 6. The number of piperidine rings is 1. The summed E-state index contributed by atoms with van der Waals surface area (Å²) in [4.78, 5) is 28.0. The molecule has 2 heterocycles.